The third-order valence-corrected chi connectivity index (χ3v) is 3.85. The van der Waals surface area contributed by atoms with Crippen LogP contribution >= 0.6 is 0 Å². The van der Waals surface area contributed by atoms with Crippen LogP contribution in [-0.4, -0.2) is 17.9 Å². The highest BCUT2D eigenvalue weighted by Gasteiger charge is 2.17. The molecule has 0 unspecified atom stereocenters. The van der Waals surface area contributed by atoms with Crippen molar-refractivity contribution >= 4 is 11.6 Å². The quantitative estimate of drug-likeness (QED) is 0.670. The molecule has 6 nitrogen and oxygen atoms in total. The average molecular weight is 328 g/mol. The second-order valence-corrected chi connectivity index (χ2v) is 5.70. The summed E-state index contributed by atoms with van der Waals surface area (Å²) in [6, 6.07) is 9.84. The van der Waals surface area contributed by atoms with Gasteiger partial charge in [-0.1, -0.05) is 17.7 Å². The molecule has 6 heteroatoms. The maximum Gasteiger partial charge on any atom is 0.272 e. The van der Waals surface area contributed by atoms with Crippen molar-refractivity contribution in [2.45, 2.75) is 26.8 Å². The second-order valence-electron chi connectivity index (χ2n) is 5.70. The standard InChI is InChI=1S/C18H20N2O4/c1-11-5-8-17(24-4)15(9-11)13(3)19-18(21)14-6-7-16(20(22)23)12(2)10-14/h5-10,13H,1-4H3,(H,19,21)/t13-/m1/s1. The molecule has 0 aromatic heterocycles. The molecule has 0 fully saturated rings. The summed E-state index contributed by atoms with van der Waals surface area (Å²) in [5.74, 6) is 0.414. The number of nitro benzene ring substituents is 1. The number of carbonyl (C=O) groups excluding carboxylic acids is 1. The largest absolute Gasteiger partial charge is 0.496 e. The molecule has 1 amide bonds. The second kappa shape index (κ2) is 7.12. The molecule has 0 heterocycles. The lowest BCUT2D eigenvalue weighted by Crippen LogP contribution is -2.27. The maximum atomic E-state index is 12.4. The van der Waals surface area contributed by atoms with E-state index in [-0.39, 0.29) is 17.6 Å². The zero-order valence-electron chi connectivity index (χ0n) is 14.1. The maximum absolute atomic E-state index is 12.4. The van der Waals surface area contributed by atoms with Gasteiger partial charge in [-0.05, 0) is 39.0 Å². The minimum atomic E-state index is -0.461. The highest BCUT2D eigenvalue weighted by Crippen LogP contribution is 2.26. The first-order chi connectivity index (χ1) is 11.3. The van der Waals surface area contributed by atoms with E-state index in [2.05, 4.69) is 5.32 Å². The molecule has 0 bridgehead atoms. The number of rotatable bonds is 5. The first kappa shape index (κ1) is 17.5. The molecule has 0 aliphatic carbocycles. The number of nitro groups is 1. The van der Waals surface area contributed by atoms with E-state index in [0.29, 0.717) is 16.9 Å². The predicted octanol–water partition coefficient (Wildman–Crippen LogP) is 3.71. The van der Waals surface area contributed by atoms with Crippen LogP contribution in [0, 0.1) is 24.0 Å². The predicted molar refractivity (Wildman–Crippen MR) is 91.4 cm³/mol. The van der Waals surface area contributed by atoms with E-state index >= 15 is 0 Å². The van der Waals surface area contributed by atoms with Crippen molar-refractivity contribution in [2.24, 2.45) is 0 Å². The minimum absolute atomic E-state index is 0.0000446. The van der Waals surface area contributed by atoms with Gasteiger partial charge in [0.1, 0.15) is 5.75 Å². The van der Waals surface area contributed by atoms with Crippen molar-refractivity contribution < 1.29 is 14.5 Å². The molecule has 0 spiro atoms. The molecule has 0 saturated carbocycles. The summed E-state index contributed by atoms with van der Waals surface area (Å²) in [6.45, 7) is 5.45. The van der Waals surface area contributed by atoms with Gasteiger partial charge in [-0.2, -0.15) is 0 Å². The number of carbonyl (C=O) groups is 1. The van der Waals surface area contributed by atoms with Gasteiger partial charge in [-0.3, -0.25) is 14.9 Å². The van der Waals surface area contributed by atoms with E-state index in [1.54, 1.807) is 14.0 Å². The van der Waals surface area contributed by atoms with E-state index in [9.17, 15) is 14.9 Å². The molecule has 126 valence electrons. The van der Waals surface area contributed by atoms with Gasteiger partial charge >= 0.3 is 0 Å². The van der Waals surface area contributed by atoms with Crippen molar-refractivity contribution in [1.29, 1.82) is 0 Å². The van der Waals surface area contributed by atoms with Gasteiger partial charge in [0.25, 0.3) is 11.6 Å². The number of benzene rings is 2. The molecule has 2 aromatic carbocycles. The van der Waals surface area contributed by atoms with E-state index in [0.717, 1.165) is 11.1 Å². The lowest BCUT2D eigenvalue weighted by atomic mass is 10.0. The average Bonchev–Trinajstić information content (AvgIpc) is 2.54. The summed E-state index contributed by atoms with van der Waals surface area (Å²) in [5.41, 5.74) is 2.78. The Bertz CT molecular complexity index is 787. The summed E-state index contributed by atoms with van der Waals surface area (Å²) >= 11 is 0. The number of amides is 1. The smallest absolute Gasteiger partial charge is 0.272 e. The van der Waals surface area contributed by atoms with Crippen molar-refractivity contribution in [3.63, 3.8) is 0 Å². The zero-order valence-corrected chi connectivity index (χ0v) is 14.1. The first-order valence-electron chi connectivity index (χ1n) is 7.54. The van der Waals surface area contributed by atoms with E-state index in [1.165, 1.54) is 18.2 Å². The zero-order chi connectivity index (χ0) is 17.9. The van der Waals surface area contributed by atoms with Crippen LogP contribution in [0.5, 0.6) is 5.75 Å². The molecule has 1 N–H and O–H groups in total. The summed E-state index contributed by atoms with van der Waals surface area (Å²) in [5, 5.41) is 13.8. The Hall–Kier alpha value is -2.89. The molecule has 1 atom stereocenters. The van der Waals surface area contributed by atoms with E-state index < -0.39 is 4.92 Å². The molecule has 24 heavy (non-hydrogen) atoms. The summed E-state index contributed by atoms with van der Waals surface area (Å²) < 4.78 is 5.34. The highest BCUT2D eigenvalue weighted by molar-refractivity contribution is 5.95. The number of aryl methyl sites for hydroxylation is 2. The van der Waals surface area contributed by atoms with Gasteiger partial charge in [-0.25, -0.2) is 0 Å². The van der Waals surface area contributed by atoms with Gasteiger partial charge < -0.3 is 10.1 Å². The third-order valence-electron chi connectivity index (χ3n) is 3.85. The van der Waals surface area contributed by atoms with Gasteiger partial charge in [0.2, 0.25) is 0 Å². The van der Waals surface area contributed by atoms with Gasteiger partial charge in [0.15, 0.2) is 0 Å². The lowest BCUT2D eigenvalue weighted by molar-refractivity contribution is -0.385. The molecular formula is C18H20N2O4. The van der Waals surface area contributed by atoms with Gasteiger partial charge in [-0.15, -0.1) is 0 Å². The van der Waals surface area contributed by atoms with Crippen molar-refractivity contribution in [3.8, 4) is 5.75 Å². The Morgan fingerprint density at radius 1 is 1.21 bits per heavy atom. The fraction of sp³-hybridized carbons (Fsp3) is 0.278. The summed E-state index contributed by atoms with van der Waals surface area (Å²) in [4.78, 5) is 22.8. The monoisotopic (exact) mass is 328 g/mol. The molecule has 2 aromatic rings. The number of methoxy groups -OCH3 is 1. The van der Waals surface area contributed by atoms with Crippen LogP contribution < -0.4 is 10.1 Å². The number of hydrogen-bond donors (Lipinski definition) is 1. The van der Waals surface area contributed by atoms with Crippen molar-refractivity contribution in [3.05, 3.63) is 68.8 Å². The minimum Gasteiger partial charge on any atom is -0.496 e. The number of hydrogen-bond acceptors (Lipinski definition) is 4. The Morgan fingerprint density at radius 2 is 1.92 bits per heavy atom. The number of ether oxygens (including phenoxy) is 1. The fourth-order valence-corrected chi connectivity index (χ4v) is 2.55. The fourth-order valence-electron chi connectivity index (χ4n) is 2.55. The highest BCUT2D eigenvalue weighted by atomic mass is 16.6. The Kier molecular flexibility index (Phi) is 5.18. The third kappa shape index (κ3) is 3.71. The molecule has 2 rings (SSSR count). The van der Waals surface area contributed by atoms with Crippen molar-refractivity contribution in [2.75, 3.05) is 7.11 Å². The lowest BCUT2D eigenvalue weighted by Gasteiger charge is -2.18. The Morgan fingerprint density at radius 3 is 2.50 bits per heavy atom. The number of nitrogens with zero attached hydrogens (tertiary/aromatic N) is 1. The summed E-state index contributed by atoms with van der Waals surface area (Å²) in [6.07, 6.45) is 0. The molecule has 0 radical (unpaired) electrons. The Balaban J connectivity index is 2.22. The van der Waals surface area contributed by atoms with Crippen molar-refractivity contribution in [1.82, 2.24) is 5.32 Å². The van der Waals surface area contributed by atoms with E-state index in [4.69, 9.17) is 4.74 Å². The Labute approximate surface area is 140 Å². The van der Waals surface area contributed by atoms with Gasteiger partial charge in [0.05, 0.1) is 18.1 Å². The van der Waals surface area contributed by atoms with E-state index in [1.807, 2.05) is 32.0 Å². The number of nitrogens with one attached hydrogen (secondary N) is 1. The molecule has 0 saturated heterocycles. The van der Waals surface area contributed by atoms with Gasteiger partial charge in [0, 0.05) is 22.8 Å². The topological polar surface area (TPSA) is 81.5 Å². The molecule has 0 aliphatic heterocycles. The van der Waals surface area contributed by atoms with Crippen LogP contribution in [0.4, 0.5) is 5.69 Å². The van der Waals surface area contributed by atoms with Crippen LogP contribution in [0.3, 0.4) is 0 Å². The van der Waals surface area contributed by atoms with Crippen LogP contribution in [-0.2, 0) is 0 Å². The molecule has 0 aliphatic rings. The van der Waals surface area contributed by atoms with Crippen LogP contribution in [0.15, 0.2) is 36.4 Å². The SMILES string of the molecule is COc1ccc(C)cc1[C@@H](C)NC(=O)c1ccc([N+](=O)[O-])c(C)c1. The summed E-state index contributed by atoms with van der Waals surface area (Å²) in [7, 11) is 1.59. The normalized spacial score (nSPS) is 11.7. The molecular weight excluding hydrogens is 308 g/mol. The van der Waals surface area contributed by atoms with Crippen LogP contribution in [0.1, 0.15) is 40.0 Å². The van der Waals surface area contributed by atoms with Crippen LogP contribution in [0.2, 0.25) is 0 Å². The van der Waals surface area contributed by atoms with Crippen LogP contribution in [0.25, 0.3) is 0 Å². The first-order valence-corrected chi connectivity index (χ1v) is 7.54.